The topological polar surface area (TPSA) is 95.2 Å². The summed E-state index contributed by atoms with van der Waals surface area (Å²) in [5, 5.41) is 3.08. The van der Waals surface area contributed by atoms with Gasteiger partial charge in [0.15, 0.2) is 5.65 Å². The van der Waals surface area contributed by atoms with Gasteiger partial charge in [0, 0.05) is 25.9 Å². The number of benzene rings is 1. The number of ether oxygens (including phenoxy) is 1. The summed E-state index contributed by atoms with van der Waals surface area (Å²) in [5.41, 5.74) is 0.832. The number of nitrogens with zero attached hydrogens (tertiary/aromatic N) is 3. The van der Waals surface area contributed by atoms with Crippen LogP contribution >= 0.6 is 0 Å². The summed E-state index contributed by atoms with van der Waals surface area (Å²) in [6, 6.07) is 6.67. The lowest BCUT2D eigenvalue weighted by Gasteiger charge is -2.15. The first-order valence-electron chi connectivity index (χ1n) is 8.92. The van der Waals surface area contributed by atoms with Crippen LogP contribution in [0.3, 0.4) is 0 Å². The number of anilines is 1. The molecule has 0 fully saturated rings. The molecule has 0 unspecified atom stereocenters. The molecule has 0 saturated carbocycles. The minimum atomic E-state index is -0.492. The number of pyridine rings is 1. The Labute approximate surface area is 161 Å². The van der Waals surface area contributed by atoms with Gasteiger partial charge in [0.1, 0.15) is 11.1 Å². The average Bonchev–Trinajstić information content (AvgIpc) is 2.71. The Balaban J connectivity index is 2.19. The zero-order chi connectivity index (χ0) is 20.4. The number of carbonyl (C=O) groups is 1. The van der Waals surface area contributed by atoms with E-state index in [4.69, 9.17) is 4.74 Å². The quantitative estimate of drug-likeness (QED) is 0.727. The molecule has 1 N–H and O–H groups in total. The van der Waals surface area contributed by atoms with E-state index < -0.39 is 11.2 Å². The molecule has 3 rings (SSSR count). The van der Waals surface area contributed by atoms with Crippen LogP contribution in [-0.2, 0) is 20.5 Å². The van der Waals surface area contributed by atoms with Crippen molar-refractivity contribution >= 4 is 22.6 Å². The first-order chi connectivity index (χ1) is 13.4. The number of hydrogen-bond donors (Lipinski definition) is 1. The van der Waals surface area contributed by atoms with Crippen molar-refractivity contribution in [1.29, 1.82) is 0 Å². The van der Waals surface area contributed by atoms with E-state index in [9.17, 15) is 14.4 Å². The third-order valence-electron chi connectivity index (χ3n) is 4.66. The Morgan fingerprint density at radius 1 is 1.14 bits per heavy atom. The van der Waals surface area contributed by atoms with Gasteiger partial charge in [-0.25, -0.2) is 9.78 Å². The van der Waals surface area contributed by atoms with Crippen molar-refractivity contribution < 1.29 is 9.53 Å². The fraction of sp³-hybridized carbons (Fsp3) is 0.300. The van der Waals surface area contributed by atoms with Crippen LogP contribution in [0.4, 0.5) is 5.69 Å². The van der Waals surface area contributed by atoms with E-state index in [2.05, 4.69) is 10.3 Å². The summed E-state index contributed by atoms with van der Waals surface area (Å²) in [6.45, 7) is 2.00. The first kappa shape index (κ1) is 19.3. The lowest BCUT2D eigenvalue weighted by molar-refractivity contribution is 0.102. The van der Waals surface area contributed by atoms with Gasteiger partial charge in [-0.2, -0.15) is 0 Å². The maximum absolute atomic E-state index is 12.8. The van der Waals surface area contributed by atoms with Crippen molar-refractivity contribution in [2.75, 3.05) is 12.4 Å². The van der Waals surface area contributed by atoms with Crippen molar-refractivity contribution in [2.24, 2.45) is 14.1 Å². The van der Waals surface area contributed by atoms with E-state index in [0.717, 1.165) is 16.6 Å². The van der Waals surface area contributed by atoms with Crippen LogP contribution in [0.5, 0.6) is 5.75 Å². The number of methoxy groups -OCH3 is 1. The Hall–Kier alpha value is -3.42. The third kappa shape index (κ3) is 3.28. The zero-order valence-corrected chi connectivity index (χ0v) is 16.3. The molecule has 8 nitrogen and oxygen atoms in total. The Bertz CT molecular complexity index is 1160. The molecule has 0 aliphatic rings. The summed E-state index contributed by atoms with van der Waals surface area (Å²) in [4.78, 5) is 42.2. The number of aromatic nitrogens is 3. The first-order valence-corrected chi connectivity index (χ1v) is 8.92. The molecule has 0 radical (unpaired) electrons. The van der Waals surface area contributed by atoms with Gasteiger partial charge < -0.3 is 10.1 Å². The number of carbonyl (C=O) groups excluding carboxylic acids is 1. The number of nitrogens with one attached hydrogen (secondary N) is 1. The lowest BCUT2D eigenvalue weighted by atomic mass is 10.1. The zero-order valence-electron chi connectivity index (χ0n) is 16.3. The average molecular weight is 382 g/mol. The van der Waals surface area contributed by atoms with Crippen molar-refractivity contribution in [3.8, 4) is 5.75 Å². The summed E-state index contributed by atoms with van der Waals surface area (Å²) < 4.78 is 7.43. The number of hydrogen-bond acceptors (Lipinski definition) is 5. The molecule has 1 aromatic carbocycles. The maximum Gasteiger partial charge on any atom is 0.332 e. The standard InChI is InChI=1S/C20H22N4O4/c1-5-6-13-11-21-17-15(19(26)24(3)20(27)23(17)2)16(13)22-18(25)12-7-9-14(28-4)10-8-12/h7-11H,5-6H2,1-4H3,(H,21,22,25). The van der Waals surface area contributed by atoms with E-state index in [1.165, 1.54) is 11.6 Å². The van der Waals surface area contributed by atoms with Gasteiger partial charge in [0.2, 0.25) is 0 Å². The highest BCUT2D eigenvalue weighted by atomic mass is 16.5. The minimum Gasteiger partial charge on any atom is -0.497 e. The fourth-order valence-electron chi connectivity index (χ4n) is 3.10. The summed E-state index contributed by atoms with van der Waals surface area (Å²) >= 11 is 0. The molecule has 2 aromatic heterocycles. The van der Waals surface area contributed by atoms with Crippen LogP contribution in [0, 0.1) is 0 Å². The predicted octanol–water partition coefficient (Wildman–Crippen LogP) is 1.85. The highest BCUT2D eigenvalue weighted by Crippen LogP contribution is 2.25. The molecule has 8 heteroatoms. The van der Waals surface area contributed by atoms with Crippen LogP contribution in [0.25, 0.3) is 11.0 Å². The lowest BCUT2D eigenvalue weighted by Crippen LogP contribution is -2.38. The number of amides is 1. The van der Waals surface area contributed by atoms with E-state index in [0.29, 0.717) is 23.4 Å². The van der Waals surface area contributed by atoms with Gasteiger partial charge in [0.05, 0.1) is 12.8 Å². The van der Waals surface area contributed by atoms with Gasteiger partial charge in [-0.05, 0) is 36.2 Å². The molecule has 0 atom stereocenters. The van der Waals surface area contributed by atoms with Gasteiger partial charge in [0.25, 0.3) is 11.5 Å². The Kier molecular flexibility index (Phi) is 5.30. The molecular weight excluding hydrogens is 360 g/mol. The Morgan fingerprint density at radius 2 is 1.82 bits per heavy atom. The van der Waals surface area contributed by atoms with Gasteiger partial charge in [-0.3, -0.25) is 18.7 Å². The second-order valence-electron chi connectivity index (χ2n) is 6.50. The molecule has 0 aliphatic heterocycles. The third-order valence-corrected chi connectivity index (χ3v) is 4.66. The monoisotopic (exact) mass is 382 g/mol. The highest BCUT2D eigenvalue weighted by Gasteiger charge is 2.19. The van der Waals surface area contributed by atoms with Crippen LogP contribution in [0.15, 0.2) is 40.1 Å². The number of rotatable bonds is 5. The predicted molar refractivity (Wildman–Crippen MR) is 107 cm³/mol. The number of aryl methyl sites for hydroxylation is 2. The molecule has 0 spiro atoms. The van der Waals surface area contributed by atoms with E-state index >= 15 is 0 Å². The fourth-order valence-corrected chi connectivity index (χ4v) is 3.10. The number of fused-ring (bicyclic) bond motifs is 1. The Morgan fingerprint density at radius 3 is 2.43 bits per heavy atom. The molecule has 28 heavy (non-hydrogen) atoms. The minimum absolute atomic E-state index is 0.220. The van der Waals surface area contributed by atoms with Crippen molar-refractivity contribution in [1.82, 2.24) is 14.1 Å². The molecule has 0 aliphatic carbocycles. The van der Waals surface area contributed by atoms with Crippen LogP contribution < -0.4 is 21.3 Å². The molecule has 0 saturated heterocycles. The van der Waals surface area contributed by atoms with Crippen molar-refractivity contribution in [2.45, 2.75) is 19.8 Å². The van der Waals surface area contributed by atoms with Crippen molar-refractivity contribution in [3.05, 3.63) is 62.4 Å². The van der Waals surface area contributed by atoms with E-state index in [-0.39, 0.29) is 16.9 Å². The molecule has 146 valence electrons. The smallest absolute Gasteiger partial charge is 0.332 e. The molecule has 0 bridgehead atoms. The van der Waals surface area contributed by atoms with Gasteiger partial charge in [-0.1, -0.05) is 13.3 Å². The largest absolute Gasteiger partial charge is 0.497 e. The molecule has 2 heterocycles. The highest BCUT2D eigenvalue weighted by molar-refractivity contribution is 6.08. The summed E-state index contributed by atoms with van der Waals surface area (Å²) in [7, 11) is 4.51. The van der Waals surface area contributed by atoms with Crippen molar-refractivity contribution in [3.63, 3.8) is 0 Å². The summed E-state index contributed by atoms with van der Waals surface area (Å²) in [5.74, 6) is 0.282. The van der Waals surface area contributed by atoms with E-state index in [1.807, 2.05) is 6.92 Å². The van der Waals surface area contributed by atoms with Crippen LogP contribution in [-0.4, -0.2) is 27.1 Å². The maximum atomic E-state index is 12.8. The SMILES string of the molecule is CCCc1cnc2c(c1NC(=O)c1ccc(OC)cc1)c(=O)n(C)c(=O)n2C. The molecule has 1 amide bonds. The summed E-state index contributed by atoms with van der Waals surface area (Å²) in [6.07, 6.45) is 3.05. The second kappa shape index (κ2) is 7.67. The van der Waals surface area contributed by atoms with Crippen LogP contribution in [0.1, 0.15) is 29.3 Å². The molecule has 3 aromatic rings. The van der Waals surface area contributed by atoms with Gasteiger partial charge in [-0.15, -0.1) is 0 Å². The van der Waals surface area contributed by atoms with Crippen LogP contribution in [0.2, 0.25) is 0 Å². The van der Waals surface area contributed by atoms with Gasteiger partial charge >= 0.3 is 5.69 Å². The van der Waals surface area contributed by atoms with E-state index in [1.54, 1.807) is 44.6 Å². The second-order valence-corrected chi connectivity index (χ2v) is 6.50. The normalized spacial score (nSPS) is 10.9. The molecular formula is C20H22N4O4.